The van der Waals surface area contributed by atoms with E-state index in [2.05, 4.69) is 10.3 Å². The molecule has 5 heteroatoms. The van der Waals surface area contributed by atoms with E-state index in [1.54, 1.807) is 12.1 Å². The van der Waals surface area contributed by atoms with E-state index in [-0.39, 0.29) is 0 Å². The molecule has 0 bridgehead atoms. The number of halogens is 1. The highest BCUT2D eigenvalue weighted by Gasteiger charge is 1.97. The number of benzene rings is 1. The zero-order valence-corrected chi connectivity index (χ0v) is 6.12. The molecular weight excluding hydrogens is 166 g/mol. The van der Waals surface area contributed by atoms with E-state index in [1.165, 1.54) is 6.07 Å². The number of nitrogens with zero attached hydrogens (tertiary/aromatic N) is 3. The third-order valence-corrected chi connectivity index (χ3v) is 1.61. The highest BCUT2D eigenvalue weighted by atomic mass is 35.5. The largest absolute Gasteiger partial charge is 0.789 e. The molecule has 0 saturated heterocycles. The average molecular weight is 169 g/mol. The van der Waals surface area contributed by atoms with Crippen molar-refractivity contribution in [1.29, 1.82) is 0 Å². The van der Waals surface area contributed by atoms with E-state index in [0.29, 0.717) is 20.9 Å². The van der Waals surface area contributed by atoms with Crippen LogP contribution in [0.1, 0.15) is 0 Å². The molecule has 1 aromatic heterocycles. The number of rotatable bonds is 0. The Balaban J connectivity index is 2.87. The van der Waals surface area contributed by atoms with Gasteiger partial charge >= 0.3 is 0 Å². The van der Waals surface area contributed by atoms with Crippen molar-refractivity contribution in [2.75, 3.05) is 0 Å². The van der Waals surface area contributed by atoms with E-state index in [4.69, 9.17) is 11.6 Å². The molecule has 2 aromatic rings. The first kappa shape index (κ1) is 6.42. The van der Waals surface area contributed by atoms with Gasteiger partial charge in [0.1, 0.15) is 5.52 Å². The third kappa shape index (κ3) is 0.914. The Morgan fingerprint density at radius 1 is 1.45 bits per heavy atom. The van der Waals surface area contributed by atoms with E-state index in [1.807, 2.05) is 0 Å². The minimum Gasteiger partial charge on any atom is -0.789 e. The second-order valence-corrected chi connectivity index (χ2v) is 2.53. The minimum absolute atomic E-state index is 0.400. The van der Waals surface area contributed by atoms with Gasteiger partial charge in [-0.25, -0.2) is 0 Å². The number of hydrogen-bond donors (Lipinski definition) is 0. The van der Waals surface area contributed by atoms with Crippen LogP contribution in [0.3, 0.4) is 0 Å². The predicted molar refractivity (Wildman–Crippen MR) is 41.3 cm³/mol. The monoisotopic (exact) mass is 168 g/mol. The summed E-state index contributed by atoms with van der Waals surface area (Å²) in [7, 11) is 0. The lowest BCUT2D eigenvalue weighted by Crippen LogP contribution is -1.86. The van der Waals surface area contributed by atoms with Crippen LogP contribution in [0.5, 0.6) is 0 Å². The fraction of sp³-hybridized carbons (Fsp3) is 0. The smallest absolute Gasteiger partial charge is 0.112 e. The summed E-state index contributed by atoms with van der Waals surface area (Å²) in [5.41, 5.74) is 0.960. The van der Waals surface area contributed by atoms with Gasteiger partial charge < -0.3 is 5.21 Å². The second kappa shape index (κ2) is 2.10. The maximum absolute atomic E-state index is 10.8. The number of aromatic nitrogens is 3. The molecule has 0 N–H and O–H groups in total. The van der Waals surface area contributed by atoms with Gasteiger partial charge in [0.05, 0.1) is 5.52 Å². The Hall–Kier alpha value is -1.29. The summed E-state index contributed by atoms with van der Waals surface area (Å²) in [6.07, 6.45) is 0. The third-order valence-electron chi connectivity index (χ3n) is 1.38. The maximum atomic E-state index is 10.8. The molecule has 0 radical (unpaired) electrons. The van der Waals surface area contributed by atoms with Gasteiger partial charge in [0.15, 0.2) is 0 Å². The van der Waals surface area contributed by atoms with Crippen molar-refractivity contribution < 1.29 is 0 Å². The van der Waals surface area contributed by atoms with E-state index < -0.39 is 0 Å². The molecule has 1 aromatic carbocycles. The first-order valence-electron chi connectivity index (χ1n) is 2.96. The first-order valence-corrected chi connectivity index (χ1v) is 3.33. The van der Waals surface area contributed by atoms with Crippen molar-refractivity contribution >= 4 is 22.6 Å². The number of fused-ring (bicyclic) bond motifs is 1. The lowest BCUT2D eigenvalue weighted by Gasteiger charge is -2.01. The van der Waals surface area contributed by atoms with Crippen LogP contribution in [0, 0.1) is 5.21 Å². The van der Waals surface area contributed by atoms with E-state index >= 15 is 0 Å². The molecule has 0 aliphatic rings. The highest BCUT2D eigenvalue weighted by Crippen LogP contribution is 2.15. The molecule has 1 heterocycles. The summed E-state index contributed by atoms with van der Waals surface area (Å²) >= 11 is 5.64. The van der Waals surface area contributed by atoms with Crippen molar-refractivity contribution in [3.05, 3.63) is 28.4 Å². The molecular formula is C6H3ClN3O-. The van der Waals surface area contributed by atoms with Gasteiger partial charge in [-0.1, -0.05) is 16.8 Å². The molecule has 0 aliphatic carbocycles. The fourth-order valence-electron chi connectivity index (χ4n) is 0.871. The lowest BCUT2D eigenvalue weighted by molar-refractivity contribution is 0.828. The molecule has 2 rings (SSSR count). The summed E-state index contributed by atoms with van der Waals surface area (Å²) in [6.45, 7) is 0. The molecule has 0 fully saturated rings. The molecule has 0 spiro atoms. The Bertz CT molecular complexity index is 398. The van der Waals surface area contributed by atoms with E-state index in [0.717, 1.165) is 0 Å². The molecule has 0 aliphatic heterocycles. The van der Waals surface area contributed by atoms with Gasteiger partial charge in [0.25, 0.3) is 0 Å². The highest BCUT2D eigenvalue weighted by molar-refractivity contribution is 6.31. The van der Waals surface area contributed by atoms with Crippen molar-refractivity contribution in [2.45, 2.75) is 0 Å². The topological polar surface area (TPSA) is 53.8 Å². The molecule has 0 amide bonds. The molecule has 0 atom stereocenters. The van der Waals surface area contributed by atoms with Crippen LogP contribution in [-0.2, 0) is 0 Å². The summed E-state index contributed by atoms with van der Waals surface area (Å²) in [6, 6.07) is 4.85. The van der Waals surface area contributed by atoms with Crippen molar-refractivity contribution in [3.63, 3.8) is 0 Å². The van der Waals surface area contributed by atoms with Crippen LogP contribution in [0.15, 0.2) is 18.2 Å². The van der Waals surface area contributed by atoms with Gasteiger partial charge in [-0.2, -0.15) is 0 Å². The van der Waals surface area contributed by atoms with E-state index in [9.17, 15) is 5.21 Å². The van der Waals surface area contributed by atoms with Crippen LogP contribution in [0.4, 0.5) is 0 Å². The minimum atomic E-state index is 0.400. The zero-order valence-electron chi connectivity index (χ0n) is 5.36. The molecule has 0 unspecified atom stereocenters. The quantitative estimate of drug-likeness (QED) is 0.598. The van der Waals surface area contributed by atoms with Gasteiger partial charge in [0, 0.05) is 5.02 Å². The molecule has 56 valence electrons. The van der Waals surface area contributed by atoms with Gasteiger partial charge in [0.2, 0.25) is 0 Å². The molecule has 11 heavy (non-hydrogen) atoms. The maximum Gasteiger partial charge on any atom is 0.112 e. The SMILES string of the molecule is [O-]n1nnc2ccc(Cl)cc21. The Morgan fingerprint density at radius 3 is 3.09 bits per heavy atom. The lowest BCUT2D eigenvalue weighted by atomic mass is 10.3. The first-order chi connectivity index (χ1) is 5.27. The predicted octanol–water partition coefficient (Wildman–Crippen LogP) is 1.43. The van der Waals surface area contributed by atoms with Gasteiger partial charge in [-0.3, -0.25) is 4.85 Å². The summed E-state index contributed by atoms with van der Waals surface area (Å²) in [5.74, 6) is 0. The van der Waals surface area contributed by atoms with Crippen LogP contribution in [0.25, 0.3) is 11.0 Å². The van der Waals surface area contributed by atoms with Gasteiger partial charge in [-0.05, 0) is 18.2 Å². The molecule has 0 saturated carbocycles. The Kier molecular flexibility index (Phi) is 1.22. The van der Waals surface area contributed by atoms with Crippen molar-refractivity contribution in [3.8, 4) is 0 Å². The summed E-state index contributed by atoms with van der Waals surface area (Å²) < 4.78 is 0. The summed E-state index contributed by atoms with van der Waals surface area (Å²) in [4.78, 5) is 0.446. The summed E-state index contributed by atoms with van der Waals surface area (Å²) in [5, 5.41) is 18.2. The normalized spacial score (nSPS) is 10.6. The van der Waals surface area contributed by atoms with Crippen LogP contribution in [-0.4, -0.2) is 15.2 Å². The Morgan fingerprint density at radius 2 is 2.27 bits per heavy atom. The average Bonchev–Trinajstić information content (AvgIpc) is 2.33. The second-order valence-electron chi connectivity index (χ2n) is 2.10. The molecule has 4 nitrogen and oxygen atoms in total. The van der Waals surface area contributed by atoms with Crippen molar-refractivity contribution in [1.82, 2.24) is 15.2 Å². The van der Waals surface area contributed by atoms with Gasteiger partial charge in [-0.15, -0.1) is 5.10 Å². The van der Waals surface area contributed by atoms with Crippen LogP contribution < -0.4 is 0 Å². The number of hydrogen-bond acceptors (Lipinski definition) is 3. The van der Waals surface area contributed by atoms with Crippen molar-refractivity contribution in [2.24, 2.45) is 0 Å². The van der Waals surface area contributed by atoms with Crippen LogP contribution in [0.2, 0.25) is 5.02 Å². The Labute approximate surface area is 67.0 Å². The fourth-order valence-corrected chi connectivity index (χ4v) is 1.04. The standard InChI is InChI=1S/C6H3ClN3O/c7-4-1-2-5-6(3-4)10(11)9-8-5/h1-3H/q-1. The zero-order chi connectivity index (χ0) is 7.84. The van der Waals surface area contributed by atoms with Crippen LogP contribution >= 0.6 is 11.6 Å².